The van der Waals surface area contributed by atoms with Gasteiger partial charge in [-0.15, -0.1) is 4.40 Å². The van der Waals surface area contributed by atoms with E-state index in [0.717, 1.165) is 12.8 Å². The minimum absolute atomic E-state index is 0.202. The summed E-state index contributed by atoms with van der Waals surface area (Å²) in [6, 6.07) is 6.77. The topological polar surface area (TPSA) is 96.3 Å². The van der Waals surface area contributed by atoms with Gasteiger partial charge in [-0.05, 0) is 31.4 Å². The van der Waals surface area contributed by atoms with E-state index in [4.69, 9.17) is 4.74 Å². The number of unbranched alkanes of at least 4 members (excludes halogenated alkanes) is 1. The number of hydrogen-bond acceptors (Lipinski definition) is 6. The lowest BCUT2D eigenvalue weighted by Crippen LogP contribution is -2.41. The second-order valence-corrected chi connectivity index (χ2v) is 9.00. The zero-order valence-corrected chi connectivity index (χ0v) is 17.7. The minimum Gasteiger partial charge on any atom is -0.455 e. The number of fused-ring (bicyclic) bond motifs is 1. The van der Waals surface area contributed by atoms with E-state index in [9.17, 15) is 18.0 Å². The van der Waals surface area contributed by atoms with Gasteiger partial charge in [0.1, 0.15) is 4.90 Å². The largest absolute Gasteiger partial charge is 0.455 e. The Bertz CT molecular complexity index is 904. The van der Waals surface area contributed by atoms with Crippen molar-refractivity contribution in [2.45, 2.75) is 37.5 Å². The van der Waals surface area contributed by atoms with Crippen LogP contribution in [0, 0.1) is 5.92 Å². The number of piperidine rings is 1. The zero-order chi connectivity index (χ0) is 21.0. The SMILES string of the molecule is CCCCN(C)C(=O)COC(=O)C1CCN(C2=NS(=O)(=O)c3ccccc32)CC1. The third kappa shape index (κ3) is 4.77. The first-order chi connectivity index (χ1) is 13.8. The number of likely N-dealkylation sites (N-methyl/N-ethyl adjacent to an activating group) is 1. The van der Waals surface area contributed by atoms with Gasteiger partial charge in [-0.2, -0.15) is 8.42 Å². The molecule has 0 aromatic heterocycles. The first-order valence-corrected chi connectivity index (χ1v) is 11.4. The molecule has 3 rings (SSSR count). The van der Waals surface area contributed by atoms with Gasteiger partial charge in [-0.3, -0.25) is 9.59 Å². The average Bonchev–Trinajstić information content (AvgIpc) is 3.01. The summed E-state index contributed by atoms with van der Waals surface area (Å²) in [4.78, 5) is 28.0. The Morgan fingerprint density at radius 1 is 1.24 bits per heavy atom. The summed E-state index contributed by atoms with van der Waals surface area (Å²) >= 11 is 0. The Hall–Kier alpha value is -2.42. The molecule has 0 radical (unpaired) electrons. The van der Waals surface area contributed by atoms with Crippen molar-refractivity contribution < 1.29 is 22.7 Å². The lowest BCUT2D eigenvalue weighted by molar-refractivity contribution is -0.156. The highest BCUT2D eigenvalue weighted by atomic mass is 32.2. The van der Waals surface area contributed by atoms with E-state index in [1.807, 2.05) is 4.90 Å². The van der Waals surface area contributed by atoms with Gasteiger partial charge in [0.25, 0.3) is 15.9 Å². The Kier molecular flexibility index (Phi) is 6.56. The summed E-state index contributed by atoms with van der Waals surface area (Å²) in [5.74, 6) is -0.427. The highest BCUT2D eigenvalue weighted by Crippen LogP contribution is 2.29. The van der Waals surface area contributed by atoms with Gasteiger partial charge < -0.3 is 14.5 Å². The van der Waals surface area contributed by atoms with Crippen LogP contribution >= 0.6 is 0 Å². The molecule has 2 aliphatic rings. The fourth-order valence-electron chi connectivity index (χ4n) is 3.52. The van der Waals surface area contributed by atoms with Crippen LogP contribution in [0.25, 0.3) is 0 Å². The van der Waals surface area contributed by atoms with Crippen LogP contribution in [-0.2, 0) is 24.3 Å². The Morgan fingerprint density at radius 2 is 1.93 bits per heavy atom. The van der Waals surface area contributed by atoms with Crippen LogP contribution in [0.3, 0.4) is 0 Å². The normalized spacial score (nSPS) is 18.1. The van der Waals surface area contributed by atoms with E-state index in [1.165, 1.54) is 0 Å². The highest BCUT2D eigenvalue weighted by Gasteiger charge is 2.34. The van der Waals surface area contributed by atoms with E-state index in [-0.39, 0.29) is 29.3 Å². The van der Waals surface area contributed by atoms with E-state index in [1.54, 1.807) is 36.2 Å². The molecule has 1 fully saturated rings. The fourth-order valence-corrected chi connectivity index (χ4v) is 4.75. The third-order valence-electron chi connectivity index (χ3n) is 5.35. The monoisotopic (exact) mass is 421 g/mol. The summed E-state index contributed by atoms with van der Waals surface area (Å²) in [6.45, 7) is 3.48. The number of hydrogen-bond donors (Lipinski definition) is 0. The smallest absolute Gasteiger partial charge is 0.309 e. The van der Waals surface area contributed by atoms with E-state index < -0.39 is 10.0 Å². The lowest BCUT2D eigenvalue weighted by atomic mass is 9.96. The average molecular weight is 422 g/mol. The summed E-state index contributed by atoms with van der Waals surface area (Å²) in [6.07, 6.45) is 2.96. The molecule has 9 heteroatoms. The van der Waals surface area contributed by atoms with Crippen LogP contribution in [0.2, 0.25) is 0 Å². The van der Waals surface area contributed by atoms with E-state index in [2.05, 4.69) is 11.3 Å². The molecule has 8 nitrogen and oxygen atoms in total. The quantitative estimate of drug-likeness (QED) is 0.648. The van der Waals surface area contributed by atoms with Crippen molar-refractivity contribution in [2.24, 2.45) is 10.3 Å². The van der Waals surface area contributed by atoms with Crippen LogP contribution in [0.1, 0.15) is 38.2 Å². The van der Waals surface area contributed by atoms with Gasteiger partial charge in [0.2, 0.25) is 0 Å². The number of nitrogens with zero attached hydrogens (tertiary/aromatic N) is 3. The molecule has 0 aliphatic carbocycles. The molecule has 1 saturated heterocycles. The third-order valence-corrected chi connectivity index (χ3v) is 6.68. The maximum atomic E-state index is 12.3. The molecule has 2 aliphatic heterocycles. The number of benzene rings is 1. The number of likely N-dealkylation sites (tertiary alicyclic amines) is 1. The second-order valence-electron chi connectivity index (χ2n) is 7.42. The molecule has 0 bridgehead atoms. The van der Waals surface area contributed by atoms with Crippen molar-refractivity contribution in [1.82, 2.24) is 9.80 Å². The predicted molar refractivity (Wildman–Crippen MR) is 108 cm³/mol. The van der Waals surface area contributed by atoms with Crippen molar-refractivity contribution in [3.63, 3.8) is 0 Å². The summed E-state index contributed by atoms with van der Waals surface area (Å²) in [5.41, 5.74) is 0.606. The number of ether oxygens (including phenoxy) is 1. The van der Waals surface area contributed by atoms with Crippen LogP contribution < -0.4 is 0 Å². The van der Waals surface area contributed by atoms with Gasteiger partial charge in [0.05, 0.1) is 5.92 Å². The molecular weight excluding hydrogens is 394 g/mol. The second kappa shape index (κ2) is 8.94. The zero-order valence-electron chi connectivity index (χ0n) is 16.8. The van der Waals surface area contributed by atoms with Crippen molar-refractivity contribution >= 4 is 27.7 Å². The Labute approximate surface area is 171 Å². The Morgan fingerprint density at radius 3 is 2.62 bits per heavy atom. The first-order valence-electron chi connectivity index (χ1n) is 9.93. The van der Waals surface area contributed by atoms with Crippen LogP contribution in [0.4, 0.5) is 0 Å². The maximum Gasteiger partial charge on any atom is 0.309 e. The lowest BCUT2D eigenvalue weighted by Gasteiger charge is -2.32. The molecule has 1 amide bonds. The number of carbonyl (C=O) groups is 2. The summed E-state index contributed by atoms with van der Waals surface area (Å²) in [5, 5.41) is 0. The molecule has 1 aromatic rings. The van der Waals surface area contributed by atoms with Gasteiger partial charge >= 0.3 is 5.97 Å². The molecule has 0 N–H and O–H groups in total. The van der Waals surface area contributed by atoms with E-state index >= 15 is 0 Å². The van der Waals surface area contributed by atoms with Crippen LogP contribution in [-0.4, -0.2) is 69.2 Å². The minimum atomic E-state index is -3.65. The van der Waals surface area contributed by atoms with Gasteiger partial charge in [0.15, 0.2) is 12.4 Å². The fraction of sp³-hybridized carbons (Fsp3) is 0.550. The van der Waals surface area contributed by atoms with Crippen molar-refractivity contribution in [3.8, 4) is 0 Å². The predicted octanol–water partition coefficient (Wildman–Crippen LogP) is 1.65. The molecule has 29 heavy (non-hydrogen) atoms. The Balaban J connectivity index is 1.52. The molecule has 0 saturated carbocycles. The molecule has 158 valence electrons. The number of amides is 1. The number of rotatable bonds is 6. The van der Waals surface area contributed by atoms with Crippen molar-refractivity contribution in [3.05, 3.63) is 29.8 Å². The molecule has 0 spiro atoms. The summed E-state index contributed by atoms with van der Waals surface area (Å²) < 4.78 is 33.6. The number of sulfonamides is 1. The van der Waals surface area contributed by atoms with E-state index in [0.29, 0.717) is 43.9 Å². The maximum absolute atomic E-state index is 12.3. The number of amidine groups is 1. The highest BCUT2D eigenvalue weighted by molar-refractivity contribution is 7.90. The standard InChI is InChI=1S/C20H27N3O5S/c1-3-4-11-22(2)18(24)14-28-20(25)15-9-12-23(13-10-15)19-16-7-5-6-8-17(16)29(26,27)21-19/h5-8,15H,3-4,9-14H2,1-2H3. The molecule has 0 atom stereocenters. The van der Waals surface area contributed by atoms with Gasteiger partial charge in [-0.1, -0.05) is 25.5 Å². The molecule has 2 heterocycles. The number of esters is 1. The van der Waals surface area contributed by atoms with Crippen molar-refractivity contribution in [1.29, 1.82) is 0 Å². The van der Waals surface area contributed by atoms with Gasteiger partial charge in [-0.25, -0.2) is 0 Å². The van der Waals surface area contributed by atoms with Crippen LogP contribution in [0.5, 0.6) is 0 Å². The molecular formula is C20H27N3O5S. The van der Waals surface area contributed by atoms with Crippen molar-refractivity contribution in [2.75, 3.05) is 33.3 Å². The molecule has 0 unspecified atom stereocenters. The first kappa shape index (κ1) is 21.3. The van der Waals surface area contributed by atoms with Gasteiger partial charge in [0, 0.05) is 32.2 Å². The number of carbonyl (C=O) groups excluding carboxylic acids is 2. The van der Waals surface area contributed by atoms with Crippen LogP contribution in [0.15, 0.2) is 33.6 Å². The summed E-state index contributed by atoms with van der Waals surface area (Å²) in [7, 11) is -1.95. The molecule has 1 aromatic carbocycles.